The van der Waals surface area contributed by atoms with Crippen LogP contribution >= 0.6 is 15.9 Å². The van der Waals surface area contributed by atoms with Crippen molar-refractivity contribution >= 4 is 21.8 Å². The molecule has 1 aliphatic rings. The molecule has 0 unspecified atom stereocenters. The van der Waals surface area contributed by atoms with Crippen LogP contribution in [0.15, 0.2) is 41.1 Å². The Morgan fingerprint density at radius 1 is 1.40 bits per heavy atom. The van der Waals surface area contributed by atoms with Gasteiger partial charge in [-0.1, -0.05) is 12.1 Å². The van der Waals surface area contributed by atoms with Gasteiger partial charge in [0.05, 0.1) is 5.56 Å². The van der Waals surface area contributed by atoms with Crippen molar-refractivity contribution in [3.8, 4) is 0 Å². The van der Waals surface area contributed by atoms with E-state index in [1.54, 1.807) is 0 Å². The topological polar surface area (TPSA) is 46.9 Å². The summed E-state index contributed by atoms with van der Waals surface area (Å²) in [5.41, 5.74) is 0.667. The molecule has 0 atom stereocenters. The van der Waals surface area contributed by atoms with Crippen molar-refractivity contribution in [2.24, 2.45) is 0 Å². The number of rotatable bonds is 5. The molecule has 3 rings (SSSR count). The zero-order valence-electron chi connectivity index (χ0n) is 11.1. The molecule has 2 aromatic rings. The lowest BCUT2D eigenvalue weighted by Crippen LogP contribution is -2.27. The summed E-state index contributed by atoms with van der Waals surface area (Å²) >= 11 is 3.39. The number of imidazole rings is 1. The molecule has 4 nitrogen and oxygen atoms in total. The molecule has 0 radical (unpaired) electrons. The maximum Gasteiger partial charge on any atom is 0.252 e. The number of halogens is 1. The average molecular weight is 334 g/mol. The van der Waals surface area contributed by atoms with E-state index in [0.29, 0.717) is 18.0 Å². The molecular weight excluding hydrogens is 318 g/mol. The number of aromatic nitrogens is 2. The second kappa shape index (κ2) is 5.79. The van der Waals surface area contributed by atoms with E-state index >= 15 is 0 Å². The van der Waals surface area contributed by atoms with E-state index in [1.807, 2.05) is 36.7 Å². The van der Waals surface area contributed by atoms with Crippen LogP contribution in [0.3, 0.4) is 0 Å². The second-order valence-electron chi connectivity index (χ2n) is 4.99. The van der Waals surface area contributed by atoms with Crippen molar-refractivity contribution in [3.05, 3.63) is 52.5 Å². The van der Waals surface area contributed by atoms with Gasteiger partial charge in [-0.15, -0.1) is 0 Å². The van der Waals surface area contributed by atoms with Gasteiger partial charge >= 0.3 is 0 Å². The molecule has 0 bridgehead atoms. The summed E-state index contributed by atoms with van der Waals surface area (Å²) in [5.74, 6) is 1.73. The smallest absolute Gasteiger partial charge is 0.252 e. The molecule has 1 aromatic carbocycles. The van der Waals surface area contributed by atoms with E-state index in [4.69, 9.17) is 0 Å². The lowest BCUT2D eigenvalue weighted by Gasteiger charge is -2.09. The van der Waals surface area contributed by atoms with Crippen LogP contribution in [0, 0.1) is 0 Å². The molecule has 1 fully saturated rings. The van der Waals surface area contributed by atoms with Crippen LogP contribution in [-0.2, 0) is 6.54 Å². The van der Waals surface area contributed by atoms with Crippen molar-refractivity contribution in [3.63, 3.8) is 0 Å². The minimum atomic E-state index is -0.0504. The van der Waals surface area contributed by atoms with Crippen molar-refractivity contribution in [2.75, 3.05) is 6.54 Å². The summed E-state index contributed by atoms with van der Waals surface area (Å²) < 4.78 is 2.96. The summed E-state index contributed by atoms with van der Waals surface area (Å²) in [6.45, 7) is 1.37. The molecule has 20 heavy (non-hydrogen) atoms. The first-order chi connectivity index (χ1) is 9.75. The highest BCUT2D eigenvalue weighted by molar-refractivity contribution is 9.10. The SMILES string of the molecule is O=C(NCCn1ccnc1C1CC1)c1ccccc1Br. The largest absolute Gasteiger partial charge is 0.350 e. The van der Waals surface area contributed by atoms with Gasteiger partial charge in [0.15, 0.2) is 0 Å². The number of nitrogens with one attached hydrogen (secondary N) is 1. The molecule has 1 saturated carbocycles. The molecule has 1 aromatic heterocycles. The minimum Gasteiger partial charge on any atom is -0.350 e. The Morgan fingerprint density at radius 3 is 2.95 bits per heavy atom. The molecule has 1 heterocycles. The number of carbonyl (C=O) groups excluding carboxylic acids is 1. The quantitative estimate of drug-likeness (QED) is 0.914. The third kappa shape index (κ3) is 2.93. The van der Waals surface area contributed by atoms with E-state index < -0.39 is 0 Å². The molecular formula is C15H16BrN3O. The molecule has 1 amide bonds. The molecule has 0 saturated heterocycles. The van der Waals surface area contributed by atoms with Crippen molar-refractivity contribution in [1.82, 2.24) is 14.9 Å². The molecule has 0 aliphatic heterocycles. The van der Waals surface area contributed by atoms with Gasteiger partial charge in [0.2, 0.25) is 0 Å². The fraction of sp³-hybridized carbons (Fsp3) is 0.333. The Kier molecular flexibility index (Phi) is 3.87. The summed E-state index contributed by atoms with van der Waals surface area (Å²) in [6.07, 6.45) is 6.29. The van der Waals surface area contributed by atoms with Crippen LogP contribution < -0.4 is 5.32 Å². The number of carbonyl (C=O) groups is 1. The predicted molar refractivity (Wildman–Crippen MR) is 80.7 cm³/mol. The fourth-order valence-corrected chi connectivity index (χ4v) is 2.71. The minimum absolute atomic E-state index is 0.0504. The van der Waals surface area contributed by atoms with Crippen LogP contribution in [0.1, 0.15) is 34.9 Å². The molecule has 5 heteroatoms. The van der Waals surface area contributed by atoms with Crippen molar-refractivity contribution in [1.29, 1.82) is 0 Å². The van der Waals surface area contributed by atoms with Crippen molar-refractivity contribution < 1.29 is 4.79 Å². The van der Waals surface area contributed by atoms with E-state index in [1.165, 1.54) is 12.8 Å². The Bertz CT molecular complexity index is 619. The van der Waals surface area contributed by atoms with Crippen molar-refractivity contribution in [2.45, 2.75) is 25.3 Å². The van der Waals surface area contributed by atoms with E-state index in [9.17, 15) is 4.79 Å². The predicted octanol–water partition coefficient (Wildman–Crippen LogP) is 2.95. The summed E-state index contributed by atoms with van der Waals surface area (Å²) in [5, 5.41) is 2.95. The van der Waals surface area contributed by atoms with E-state index in [-0.39, 0.29) is 5.91 Å². The number of nitrogens with zero attached hydrogens (tertiary/aromatic N) is 2. The van der Waals surface area contributed by atoms with Gasteiger partial charge in [-0.05, 0) is 40.9 Å². The number of hydrogen-bond acceptors (Lipinski definition) is 2. The number of amides is 1. The van der Waals surface area contributed by atoms with Gasteiger partial charge in [0.25, 0.3) is 5.91 Å². The molecule has 1 N–H and O–H groups in total. The van der Waals surface area contributed by atoms with Gasteiger partial charge in [0, 0.05) is 35.9 Å². The van der Waals surface area contributed by atoms with E-state index in [2.05, 4.69) is 30.8 Å². The Morgan fingerprint density at radius 2 is 2.20 bits per heavy atom. The third-order valence-corrected chi connectivity index (χ3v) is 4.14. The monoisotopic (exact) mass is 333 g/mol. The van der Waals surface area contributed by atoms with E-state index in [0.717, 1.165) is 16.8 Å². The number of benzene rings is 1. The fourth-order valence-electron chi connectivity index (χ4n) is 2.24. The Labute approximate surface area is 126 Å². The first-order valence-corrected chi connectivity index (χ1v) is 7.59. The molecule has 104 valence electrons. The third-order valence-electron chi connectivity index (χ3n) is 3.45. The van der Waals surface area contributed by atoms with Crippen LogP contribution in [-0.4, -0.2) is 22.0 Å². The van der Waals surface area contributed by atoms with Gasteiger partial charge < -0.3 is 9.88 Å². The van der Waals surface area contributed by atoms with Crippen LogP contribution in [0.4, 0.5) is 0 Å². The van der Waals surface area contributed by atoms with Gasteiger partial charge in [-0.2, -0.15) is 0 Å². The second-order valence-corrected chi connectivity index (χ2v) is 5.84. The highest BCUT2D eigenvalue weighted by atomic mass is 79.9. The maximum atomic E-state index is 12.1. The van der Waals surface area contributed by atoms with Gasteiger partial charge in [-0.3, -0.25) is 4.79 Å². The summed E-state index contributed by atoms with van der Waals surface area (Å²) in [7, 11) is 0. The van der Waals surface area contributed by atoms with Gasteiger partial charge in [0.1, 0.15) is 5.82 Å². The van der Waals surface area contributed by atoms with Crippen LogP contribution in [0.5, 0.6) is 0 Å². The standard InChI is InChI=1S/C15H16BrN3O/c16-13-4-2-1-3-12(13)15(20)18-8-10-19-9-7-17-14(19)11-5-6-11/h1-4,7,9,11H,5-6,8,10H2,(H,18,20). The first kappa shape index (κ1) is 13.4. The normalized spacial score (nSPS) is 14.2. The highest BCUT2D eigenvalue weighted by Crippen LogP contribution is 2.38. The Hall–Kier alpha value is -1.62. The van der Waals surface area contributed by atoms with Crippen LogP contribution in [0.25, 0.3) is 0 Å². The molecule has 0 spiro atoms. The lowest BCUT2D eigenvalue weighted by molar-refractivity contribution is 0.0951. The zero-order valence-corrected chi connectivity index (χ0v) is 12.6. The van der Waals surface area contributed by atoms with Gasteiger partial charge in [-0.25, -0.2) is 4.98 Å². The zero-order chi connectivity index (χ0) is 13.9. The lowest BCUT2D eigenvalue weighted by atomic mass is 10.2. The highest BCUT2D eigenvalue weighted by Gasteiger charge is 2.27. The molecule has 1 aliphatic carbocycles. The summed E-state index contributed by atoms with van der Waals surface area (Å²) in [6, 6.07) is 7.44. The van der Waals surface area contributed by atoms with Crippen LogP contribution in [0.2, 0.25) is 0 Å². The maximum absolute atomic E-state index is 12.1. The summed E-state index contributed by atoms with van der Waals surface area (Å²) in [4.78, 5) is 16.5. The first-order valence-electron chi connectivity index (χ1n) is 6.79. The average Bonchev–Trinajstić information content (AvgIpc) is 3.19. The Balaban J connectivity index is 1.56. The number of hydrogen-bond donors (Lipinski definition) is 1.